The molecule has 2 aromatic heterocycles. The van der Waals surface area contributed by atoms with Crippen LogP contribution in [-0.4, -0.2) is 55.3 Å². The standard InChI is InChI=1S/C21H19ClN4O6S/c1-26(2)33(29,30)18-11-14(7-8-17(18)22)25-19(27)13-31-21(28)16-6-4-10-24-20(16)32-15-5-3-9-23-12-15/h3-12H,13H2,1-2H3,(H,25,27). The minimum Gasteiger partial charge on any atom is -0.452 e. The Balaban J connectivity index is 1.66. The van der Waals surface area contributed by atoms with Crippen molar-refractivity contribution >= 4 is 39.2 Å². The summed E-state index contributed by atoms with van der Waals surface area (Å²) in [6.07, 6.45) is 4.46. The van der Waals surface area contributed by atoms with E-state index in [1.807, 2.05) is 0 Å². The lowest BCUT2D eigenvalue weighted by molar-refractivity contribution is -0.119. The zero-order valence-corrected chi connectivity index (χ0v) is 19.1. The summed E-state index contributed by atoms with van der Waals surface area (Å²) in [5, 5.41) is 2.47. The van der Waals surface area contributed by atoms with E-state index in [1.54, 1.807) is 18.3 Å². The molecule has 10 nitrogen and oxygen atoms in total. The fraction of sp³-hybridized carbons (Fsp3) is 0.143. The van der Waals surface area contributed by atoms with Gasteiger partial charge in [-0.1, -0.05) is 11.6 Å². The smallest absolute Gasteiger partial charge is 0.344 e. The minimum absolute atomic E-state index is 0.00542. The molecule has 0 bridgehead atoms. The maximum absolute atomic E-state index is 12.5. The largest absolute Gasteiger partial charge is 0.452 e. The van der Waals surface area contributed by atoms with Crippen molar-refractivity contribution in [3.8, 4) is 11.6 Å². The topological polar surface area (TPSA) is 128 Å². The summed E-state index contributed by atoms with van der Waals surface area (Å²) < 4.78 is 36.3. The third-order valence-electron chi connectivity index (χ3n) is 4.15. The summed E-state index contributed by atoms with van der Waals surface area (Å²) in [5.74, 6) is -1.15. The first-order valence-electron chi connectivity index (χ1n) is 9.40. The van der Waals surface area contributed by atoms with Gasteiger partial charge in [0.25, 0.3) is 5.91 Å². The first-order valence-corrected chi connectivity index (χ1v) is 11.2. The first kappa shape index (κ1) is 24.1. The van der Waals surface area contributed by atoms with E-state index < -0.39 is 28.5 Å². The monoisotopic (exact) mass is 490 g/mol. The van der Waals surface area contributed by atoms with Crippen LogP contribution in [-0.2, 0) is 19.6 Å². The van der Waals surface area contributed by atoms with Gasteiger partial charge in [0.15, 0.2) is 6.61 Å². The van der Waals surface area contributed by atoms with E-state index in [-0.39, 0.29) is 27.0 Å². The van der Waals surface area contributed by atoms with Gasteiger partial charge in [0.1, 0.15) is 16.2 Å². The summed E-state index contributed by atoms with van der Waals surface area (Å²) in [6.45, 7) is -0.627. The molecule has 2 heterocycles. The second-order valence-electron chi connectivity index (χ2n) is 6.70. The molecule has 0 aliphatic heterocycles. The van der Waals surface area contributed by atoms with Crippen molar-refractivity contribution in [2.24, 2.45) is 0 Å². The van der Waals surface area contributed by atoms with E-state index in [0.717, 1.165) is 4.31 Å². The molecule has 0 atom stereocenters. The summed E-state index contributed by atoms with van der Waals surface area (Å²) in [7, 11) is -1.09. The van der Waals surface area contributed by atoms with Crippen molar-refractivity contribution in [1.82, 2.24) is 14.3 Å². The number of carbonyl (C=O) groups is 2. The van der Waals surface area contributed by atoms with Gasteiger partial charge in [-0.05, 0) is 42.5 Å². The van der Waals surface area contributed by atoms with Crippen LogP contribution >= 0.6 is 11.6 Å². The highest BCUT2D eigenvalue weighted by Gasteiger charge is 2.22. The summed E-state index contributed by atoms with van der Waals surface area (Å²) in [5.41, 5.74) is 0.183. The molecule has 0 saturated carbocycles. The lowest BCUT2D eigenvalue weighted by atomic mass is 10.3. The number of nitrogens with one attached hydrogen (secondary N) is 1. The quantitative estimate of drug-likeness (QED) is 0.477. The van der Waals surface area contributed by atoms with E-state index in [9.17, 15) is 18.0 Å². The molecule has 12 heteroatoms. The van der Waals surface area contributed by atoms with Crippen LogP contribution in [0.5, 0.6) is 11.6 Å². The highest BCUT2D eigenvalue weighted by atomic mass is 35.5. The number of sulfonamides is 1. The number of nitrogens with zero attached hydrogens (tertiary/aromatic N) is 3. The number of anilines is 1. The lowest BCUT2D eigenvalue weighted by Crippen LogP contribution is -2.23. The van der Waals surface area contributed by atoms with E-state index in [1.165, 1.54) is 56.8 Å². The van der Waals surface area contributed by atoms with Crippen LogP contribution in [0.3, 0.4) is 0 Å². The summed E-state index contributed by atoms with van der Waals surface area (Å²) in [6, 6.07) is 10.3. The number of benzene rings is 1. The molecule has 0 radical (unpaired) electrons. The molecule has 0 saturated heterocycles. The first-order chi connectivity index (χ1) is 15.7. The average molecular weight is 491 g/mol. The van der Waals surface area contributed by atoms with Gasteiger partial charge in [-0.25, -0.2) is 22.5 Å². The van der Waals surface area contributed by atoms with Gasteiger partial charge < -0.3 is 14.8 Å². The fourth-order valence-corrected chi connectivity index (χ4v) is 3.92. The normalized spacial score (nSPS) is 11.2. The average Bonchev–Trinajstić information content (AvgIpc) is 2.79. The molecule has 0 unspecified atom stereocenters. The Morgan fingerprint density at radius 3 is 2.58 bits per heavy atom. The van der Waals surface area contributed by atoms with Crippen LogP contribution in [0, 0.1) is 0 Å². The molecule has 0 spiro atoms. The number of hydrogen-bond donors (Lipinski definition) is 1. The third-order valence-corrected chi connectivity index (χ3v) is 6.44. The number of ether oxygens (including phenoxy) is 2. The van der Waals surface area contributed by atoms with Crippen LogP contribution in [0.15, 0.2) is 66.0 Å². The van der Waals surface area contributed by atoms with E-state index in [0.29, 0.717) is 5.75 Å². The number of amides is 1. The number of carbonyl (C=O) groups excluding carboxylic acids is 2. The zero-order chi connectivity index (χ0) is 24.0. The molecule has 172 valence electrons. The second kappa shape index (κ2) is 10.4. The lowest BCUT2D eigenvalue weighted by Gasteiger charge is -2.14. The maximum atomic E-state index is 12.5. The Hall–Kier alpha value is -3.54. The van der Waals surface area contributed by atoms with Gasteiger partial charge >= 0.3 is 5.97 Å². The van der Waals surface area contributed by atoms with E-state index in [4.69, 9.17) is 21.1 Å². The molecule has 3 rings (SSSR count). The van der Waals surface area contributed by atoms with Crippen molar-refractivity contribution in [2.45, 2.75) is 4.90 Å². The third kappa shape index (κ3) is 6.04. The zero-order valence-electron chi connectivity index (χ0n) is 17.6. The molecule has 33 heavy (non-hydrogen) atoms. The molecular weight excluding hydrogens is 472 g/mol. The number of hydrogen-bond acceptors (Lipinski definition) is 8. The fourth-order valence-electron chi connectivity index (χ4n) is 2.53. The Bertz CT molecular complexity index is 1270. The van der Waals surface area contributed by atoms with E-state index in [2.05, 4.69) is 15.3 Å². The van der Waals surface area contributed by atoms with Gasteiger partial charge in [0, 0.05) is 32.2 Å². The molecule has 0 fully saturated rings. The van der Waals surface area contributed by atoms with Gasteiger partial charge in [-0.15, -0.1) is 0 Å². The number of halogens is 1. The highest BCUT2D eigenvalue weighted by molar-refractivity contribution is 7.89. The van der Waals surface area contributed by atoms with Crippen molar-refractivity contribution < 1.29 is 27.5 Å². The number of aromatic nitrogens is 2. The molecule has 0 aliphatic rings. The van der Waals surface area contributed by atoms with Crippen LogP contribution in [0.2, 0.25) is 5.02 Å². The molecule has 1 amide bonds. The molecule has 0 aliphatic carbocycles. The Morgan fingerprint density at radius 1 is 1.12 bits per heavy atom. The number of esters is 1. The SMILES string of the molecule is CN(C)S(=O)(=O)c1cc(NC(=O)COC(=O)c2cccnc2Oc2cccnc2)ccc1Cl. The Kier molecular flexibility index (Phi) is 7.59. The van der Waals surface area contributed by atoms with Crippen molar-refractivity contribution in [3.05, 3.63) is 71.6 Å². The second-order valence-corrected chi connectivity index (χ2v) is 9.23. The van der Waals surface area contributed by atoms with Gasteiger partial charge in [-0.3, -0.25) is 9.78 Å². The van der Waals surface area contributed by atoms with E-state index >= 15 is 0 Å². The van der Waals surface area contributed by atoms with Crippen LogP contribution in [0.25, 0.3) is 0 Å². The molecule has 1 aromatic carbocycles. The van der Waals surface area contributed by atoms with Crippen LogP contribution < -0.4 is 10.1 Å². The predicted molar refractivity (Wildman–Crippen MR) is 120 cm³/mol. The molecule has 1 N–H and O–H groups in total. The number of rotatable bonds is 8. The van der Waals surface area contributed by atoms with Gasteiger partial charge in [0.2, 0.25) is 15.9 Å². The number of pyridine rings is 2. The van der Waals surface area contributed by atoms with Crippen molar-refractivity contribution in [1.29, 1.82) is 0 Å². The van der Waals surface area contributed by atoms with Gasteiger partial charge in [0.05, 0.1) is 11.2 Å². The van der Waals surface area contributed by atoms with Crippen molar-refractivity contribution in [3.63, 3.8) is 0 Å². The van der Waals surface area contributed by atoms with Crippen LogP contribution in [0.1, 0.15) is 10.4 Å². The Morgan fingerprint density at radius 2 is 1.88 bits per heavy atom. The summed E-state index contributed by atoms with van der Waals surface area (Å²) >= 11 is 6.00. The van der Waals surface area contributed by atoms with Crippen LogP contribution in [0.4, 0.5) is 5.69 Å². The highest BCUT2D eigenvalue weighted by Crippen LogP contribution is 2.27. The minimum atomic E-state index is -3.82. The molecule has 3 aromatic rings. The maximum Gasteiger partial charge on any atom is 0.344 e. The Labute approximate surface area is 195 Å². The van der Waals surface area contributed by atoms with Gasteiger partial charge in [-0.2, -0.15) is 0 Å². The predicted octanol–water partition coefficient (Wildman–Crippen LogP) is 2.97. The molecular formula is C21H19ClN4O6S. The van der Waals surface area contributed by atoms with Crippen molar-refractivity contribution in [2.75, 3.05) is 26.0 Å². The summed E-state index contributed by atoms with van der Waals surface area (Å²) in [4.78, 5) is 32.5.